The van der Waals surface area contributed by atoms with E-state index in [4.69, 9.17) is 22.8 Å². The predicted molar refractivity (Wildman–Crippen MR) is 90.4 cm³/mol. The molecule has 5 heteroatoms. The van der Waals surface area contributed by atoms with Gasteiger partial charge in [0.25, 0.3) is 0 Å². The summed E-state index contributed by atoms with van der Waals surface area (Å²) < 4.78 is 5.64. The number of nitrogens with one attached hydrogen (secondary N) is 1. The second-order valence-corrected chi connectivity index (χ2v) is 6.52. The van der Waals surface area contributed by atoms with Gasteiger partial charge in [-0.05, 0) is 32.0 Å². The number of fused-ring (bicyclic) bond motifs is 1. The lowest BCUT2D eigenvalue weighted by atomic mass is 9.94. The lowest BCUT2D eigenvalue weighted by Gasteiger charge is -2.32. The van der Waals surface area contributed by atoms with Crippen LogP contribution < -0.4 is 10.1 Å². The maximum absolute atomic E-state index is 12.6. The molecule has 2 heterocycles. The third kappa shape index (κ3) is 3.63. The average molecular weight is 333 g/mol. The summed E-state index contributed by atoms with van der Waals surface area (Å²) in [4.78, 5) is 14.8. The topological polar surface area (TPSA) is 41.6 Å². The number of carbonyl (C=O) groups is 1. The Morgan fingerprint density at radius 1 is 1.39 bits per heavy atom. The molecule has 0 spiro atoms. The molecule has 122 valence electrons. The van der Waals surface area contributed by atoms with E-state index in [-0.39, 0.29) is 17.9 Å². The number of amides is 1. The molecule has 0 saturated carbocycles. The minimum absolute atomic E-state index is 0.0197. The van der Waals surface area contributed by atoms with Crippen molar-refractivity contribution in [2.75, 3.05) is 26.2 Å². The largest absolute Gasteiger partial charge is 0.492 e. The van der Waals surface area contributed by atoms with E-state index >= 15 is 0 Å². The van der Waals surface area contributed by atoms with Gasteiger partial charge in [-0.1, -0.05) is 29.7 Å². The second-order valence-electron chi connectivity index (χ2n) is 6.11. The maximum Gasteiger partial charge on any atom is 0.223 e. The minimum Gasteiger partial charge on any atom is -0.492 e. The van der Waals surface area contributed by atoms with E-state index in [1.54, 1.807) is 0 Å². The van der Waals surface area contributed by atoms with Crippen molar-refractivity contribution in [1.82, 2.24) is 10.2 Å². The van der Waals surface area contributed by atoms with E-state index in [1.807, 2.05) is 18.2 Å². The Bertz CT molecular complexity index is 618. The van der Waals surface area contributed by atoms with Gasteiger partial charge in [0, 0.05) is 17.9 Å². The first kappa shape index (κ1) is 16.2. The Morgan fingerprint density at radius 2 is 2.17 bits per heavy atom. The number of benzene rings is 1. The maximum atomic E-state index is 12.6. The van der Waals surface area contributed by atoms with Crippen molar-refractivity contribution in [3.05, 3.63) is 28.8 Å². The number of carbonyl (C=O) groups excluding carboxylic acids is 1. The molecule has 0 radical (unpaired) electrons. The van der Waals surface area contributed by atoms with E-state index in [0.717, 1.165) is 37.9 Å². The van der Waals surface area contributed by atoms with Crippen LogP contribution in [0, 0.1) is 18.3 Å². The number of hydrogen-bond acceptors (Lipinski definition) is 3. The lowest BCUT2D eigenvalue weighted by molar-refractivity contribution is -0.127. The first-order chi connectivity index (χ1) is 11.2. The SMILES string of the molecule is C#CCN1CCC(C(=O)NC2CCOc3c(Cl)cccc32)CC1. The van der Waals surface area contributed by atoms with Gasteiger partial charge in [-0.2, -0.15) is 0 Å². The second kappa shape index (κ2) is 7.25. The number of likely N-dealkylation sites (tertiary alicyclic amines) is 1. The van der Waals surface area contributed by atoms with Crippen molar-refractivity contribution >= 4 is 17.5 Å². The number of nitrogens with zero attached hydrogens (tertiary/aromatic N) is 1. The van der Waals surface area contributed by atoms with Crippen LogP contribution in [0.5, 0.6) is 5.75 Å². The molecule has 2 aliphatic heterocycles. The Kier molecular flexibility index (Phi) is 5.09. The highest BCUT2D eigenvalue weighted by atomic mass is 35.5. The molecule has 1 N–H and O–H groups in total. The van der Waals surface area contributed by atoms with Gasteiger partial charge in [-0.3, -0.25) is 9.69 Å². The fraction of sp³-hybridized carbons (Fsp3) is 0.500. The summed E-state index contributed by atoms with van der Waals surface area (Å²) in [5.41, 5.74) is 0.974. The van der Waals surface area contributed by atoms with Crippen LogP contribution in [0.3, 0.4) is 0 Å². The van der Waals surface area contributed by atoms with Crippen molar-refractivity contribution in [1.29, 1.82) is 0 Å². The van der Waals surface area contributed by atoms with Crippen LogP contribution >= 0.6 is 11.6 Å². The molecule has 1 fully saturated rings. The quantitative estimate of drug-likeness (QED) is 0.865. The Morgan fingerprint density at radius 3 is 2.91 bits per heavy atom. The van der Waals surface area contributed by atoms with E-state index in [1.165, 1.54) is 0 Å². The molecule has 0 aromatic heterocycles. The monoisotopic (exact) mass is 332 g/mol. The smallest absolute Gasteiger partial charge is 0.223 e. The van der Waals surface area contributed by atoms with E-state index in [2.05, 4.69) is 16.1 Å². The van der Waals surface area contributed by atoms with Gasteiger partial charge < -0.3 is 10.1 Å². The fourth-order valence-corrected chi connectivity index (χ4v) is 3.54. The summed E-state index contributed by atoms with van der Waals surface area (Å²) in [5, 5.41) is 3.78. The molecule has 4 nitrogen and oxygen atoms in total. The normalized spacial score (nSPS) is 21.8. The van der Waals surface area contributed by atoms with Crippen LogP contribution in [0.15, 0.2) is 18.2 Å². The van der Waals surface area contributed by atoms with Gasteiger partial charge in [0.05, 0.1) is 24.2 Å². The summed E-state index contributed by atoms with van der Waals surface area (Å²) in [6.45, 7) is 3.01. The molecule has 2 aliphatic rings. The molecule has 0 aliphatic carbocycles. The third-order valence-corrected chi connectivity index (χ3v) is 4.91. The van der Waals surface area contributed by atoms with Crippen LogP contribution in [0.4, 0.5) is 0 Å². The van der Waals surface area contributed by atoms with Crippen molar-refractivity contribution in [2.24, 2.45) is 5.92 Å². The number of rotatable bonds is 3. The molecule has 23 heavy (non-hydrogen) atoms. The first-order valence-electron chi connectivity index (χ1n) is 8.06. The fourth-order valence-electron chi connectivity index (χ4n) is 3.31. The van der Waals surface area contributed by atoms with Crippen LogP contribution in [0.25, 0.3) is 0 Å². The number of halogens is 1. The molecule has 3 rings (SSSR count). The lowest BCUT2D eigenvalue weighted by Crippen LogP contribution is -2.42. The number of terminal acetylenes is 1. The summed E-state index contributed by atoms with van der Waals surface area (Å²) >= 11 is 6.18. The van der Waals surface area contributed by atoms with Crippen LogP contribution in [-0.4, -0.2) is 37.0 Å². The first-order valence-corrected chi connectivity index (χ1v) is 8.44. The van der Waals surface area contributed by atoms with Gasteiger partial charge in [0.2, 0.25) is 5.91 Å². The summed E-state index contributed by atoms with van der Waals surface area (Å²) in [5.74, 6) is 3.56. The molecule has 1 aromatic carbocycles. The van der Waals surface area contributed by atoms with E-state index in [0.29, 0.717) is 23.9 Å². The Hall–Kier alpha value is -1.70. The highest BCUT2D eigenvalue weighted by Gasteiger charge is 2.29. The zero-order valence-corrected chi connectivity index (χ0v) is 13.8. The van der Waals surface area contributed by atoms with Gasteiger partial charge in [-0.25, -0.2) is 0 Å². The highest BCUT2D eigenvalue weighted by Crippen LogP contribution is 2.37. The standard InChI is InChI=1S/C18H21ClN2O2/c1-2-9-21-10-6-13(7-11-21)18(22)20-16-8-12-23-17-14(16)4-3-5-15(17)19/h1,3-5,13,16H,6-12H2,(H,20,22). The zero-order chi connectivity index (χ0) is 16.2. The van der Waals surface area contributed by atoms with Gasteiger partial charge in [0.15, 0.2) is 0 Å². The summed E-state index contributed by atoms with van der Waals surface area (Å²) in [7, 11) is 0. The minimum atomic E-state index is -0.0197. The van der Waals surface area contributed by atoms with Gasteiger partial charge >= 0.3 is 0 Å². The van der Waals surface area contributed by atoms with Crippen LogP contribution in [-0.2, 0) is 4.79 Å². The molecular weight excluding hydrogens is 312 g/mol. The summed E-state index contributed by atoms with van der Waals surface area (Å²) in [6, 6.07) is 5.66. The molecule has 1 atom stereocenters. The zero-order valence-electron chi connectivity index (χ0n) is 13.1. The molecule has 1 amide bonds. The van der Waals surface area contributed by atoms with Gasteiger partial charge in [0.1, 0.15) is 5.75 Å². The number of hydrogen-bond donors (Lipinski definition) is 1. The van der Waals surface area contributed by atoms with Gasteiger partial charge in [-0.15, -0.1) is 6.42 Å². The molecule has 1 aromatic rings. The van der Waals surface area contributed by atoms with Crippen LogP contribution in [0.1, 0.15) is 30.9 Å². The third-order valence-electron chi connectivity index (χ3n) is 4.62. The Labute approximate surface area is 142 Å². The molecule has 1 unspecified atom stereocenters. The number of para-hydroxylation sites is 1. The van der Waals surface area contributed by atoms with E-state index in [9.17, 15) is 4.79 Å². The van der Waals surface area contributed by atoms with E-state index < -0.39 is 0 Å². The highest BCUT2D eigenvalue weighted by molar-refractivity contribution is 6.32. The summed E-state index contributed by atoms with van der Waals surface area (Å²) in [6.07, 6.45) is 7.83. The predicted octanol–water partition coefficient (Wildman–Crippen LogP) is 2.63. The molecule has 0 bridgehead atoms. The molecule has 1 saturated heterocycles. The van der Waals surface area contributed by atoms with Crippen molar-refractivity contribution in [2.45, 2.75) is 25.3 Å². The van der Waals surface area contributed by atoms with Crippen molar-refractivity contribution in [3.8, 4) is 18.1 Å². The number of ether oxygens (including phenoxy) is 1. The average Bonchev–Trinajstić information content (AvgIpc) is 2.57. The van der Waals surface area contributed by atoms with Crippen molar-refractivity contribution < 1.29 is 9.53 Å². The van der Waals surface area contributed by atoms with Crippen LogP contribution in [0.2, 0.25) is 5.02 Å². The van der Waals surface area contributed by atoms with Crippen molar-refractivity contribution in [3.63, 3.8) is 0 Å². The Balaban J connectivity index is 1.62. The molecular formula is C18H21ClN2O2. The number of piperidine rings is 1.